The lowest BCUT2D eigenvalue weighted by Gasteiger charge is -2.28. The molecule has 2 aliphatic carbocycles. The Kier molecular flexibility index (Phi) is 4.45. The van der Waals surface area contributed by atoms with Gasteiger partial charge in [-0.25, -0.2) is 0 Å². The van der Waals surface area contributed by atoms with Crippen molar-refractivity contribution in [1.29, 1.82) is 0 Å². The molecule has 5 nitrogen and oxygen atoms in total. The largest absolute Gasteiger partial charge is 0.481 e. The fraction of sp³-hybridized carbons (Fsp3) is 0.857. The minimum atomic E-state index is -0.904. The van der Waals surface area contributed by atoms with Crippen LogP contribution in [-0.2, 0) is 9.59 Å². The van der Waals surface area contributed by atoms with Gasteiger partial charge in [-0.1, -0.05) is 6.42 Å². The smallest absolute Gasteiger partial charge is 0.303 e. The Labute approximate surface area is 114 Å². The van der Waals surface area contributed by atoms with Gasteiger partial charge in [0.1, 0.15) is 0 Å². The molecule has 0 aliphatic heterocycles. The first-order valence-corrected chi connectivity index (χ1v) is 7.19. The summed E-state index contributed by atoms with van der Waals surface area (Å²) in [4.78, 5) is 24.2. The van der Waals surface area contributed by atoms with Crippen molar-refractivity contribution in [3.63, 3.8) is 0 Å². The molecule has 0 saturated heterocycles. The first-order valence-electron chi connectivity index (χ1n) is 7.19. The summed E-state index contributed by atoms with van der Waals surface area (Å²) in [6, 6.07) is -0.681. The number of rotatable bonds is 6. The molecule has 2 aliphatic rings. The molecule has 108 valence electrons. The highest BCUT2D eigenvalue weighted by Crippen LogP contribution is 2.48. The third kappa shape index (κ3) is 3.47. The molecule has 5 heteroatoms. The number of aliphatic carboxylic acids is 1. The van der Waals surface area contributed by atoms with E-state index in [0.717, 1.165) is 18.4 Å². The van der Waals surface area contributed by atoms with Crippen molar-refractivity contribution in [3.05, 3.63) is 0 Å². The van der Waals surface area contributed by atoms with Crippen molar-refractivity contribution in [2.24, 2.45) is 23.5 Å². The van der Waals surface area contributed by atoms with E-state index in [1.807, 2.05) is 0 Å². The average Bonchev–Trinajstić information content (AvgIpc) is 2.96. The maximum absolute atomic E-state index is 12.1. The molecule has 0 radical (unpaired) electrons. The maximum atomic E-state index is 12.1. The number of hydrogen-bond acceptors (Lipinski definition) is 3. The van der Waals surface area contributed by atoms with Crippen LogP contribution < -0.4 is 5.73 Å². The van der Waals surface area contributed by atoms with Crippen LogP contribution in [0.3, 0.4) is 0 Å². The lowest BCUT2D eigenvalue weighted by molar-refractivity contribution is -0.137. The molecule has 2 saturated carbocycles. The third-order valence-corrected chi connectivity index (χ3v) is 4.76. The van der Waals surface area contributed by atoms with Gasteiger partial charge in [-0.05, 0) is 43.4 Å². The molecule has 0 spiro atoms. The molecule has 2 bridgehead atoms. The number of fused-ring (bicyclic) bond motifs is 2. The van der Waals surface area contributed by atoms with Crippen LogP contribution in [-0.4, -0.2) is 41.5 Å². The van der Waals surface area contributed by atoms with Crippen LogP contribution >= 0.6 is 0 Å². The van der Waals surface area contributed by atoms with Crippen LogP contribution in [0.1, 0.15) is 38.5 Å². The molecular formula is C14H24N2O3. The number of amides is 1. The van der Waals surface area contributed by atoms with Gasteiger partial charge in [-0.15, -0.1) is 0 Å². The highest BCUT2D eigenvalue weighted by molar-refractivity contribution is 5.82. The monoisotopic (exact) mass is 268 g/mol. The summed E-state index contributed by atoms with van der Waals surface area (Å²) in [6.07, 6.45) is 5.41. The molecule has 2 fully saturated rings. The molecular weight excluding hydrogens is 244 g/mol. The van der Waals surface area contributed by atoms with E-state index >= 15 is 0 Å². The predicted molar refractivity (Wildman–Crippen MR) is 71.4 cm³/mol. The number of nitrogens with zero attached hydrogens (tertiary/aromatic N) is 1. The van der Waals surface area contributed by atoms with Gasteiger partial charge < -0.3 is 15.7 Å². The van der Waals surface area contributed by atoms with E-state index in [1.165, 1.54) is 25.7 Å². The molecule has 19 heavy (non-hydrogen) atoms. The van der Waals surface area contributed by atoms with Crippen LogP contribution in [0, 0.1) is 17.8 Å². The average molecular weight is 268 g/mol. The topological polar surface area (TPSA) is 83.6 Å². The lowest BCUT2D eigenvalue weighted by atomic mass is 9.88. The second-order valence-electron chi connectivity index (χ2n) is 6.19. The highest BCUT2D eigenvalue weighted by Gasteiger charge is 2.40. The van der Waals surface area contributed by atoms with Crippen molar-refractivity contribution in [2.45, 2.75) is 44.6 Å². The number of nitrogens with two attached hydrogens (primary N) is 1. The molecule has 4 unspecified atom stereocenters. The summed E-state index contributed by atoms with van der Waals surface area (Å²) in [5, 5.41) is 8.60. The second kappa shape index (κ2) is 5.90. The maximum Gasteiger partial charge on any atom is 0.303 e. The quantitative estimate of drug-likeness (QED) is 0.755. The van der Waals surface area contributed by atoms with Crippen LogP contribution in [0.4, 0.5) is 0 Å². The molecule has 0 aromatic heterocycles. The zero-order valence-corrected chi connectivity index (χ0v) is 11.5. The molecule has 1 amide bonds. The Morgan fingerprint density at radius 3 is 2.63 bits per heavy atom. The molecule has 3 N–H and O–H groups in total. The van der Waals surface area contributed by atoms with Crippen molar-refractivity contribution in [3.8, 4) is 0 Å². The molecule has 0 aromatic carbocycles. The molecule has 0 aromatic rings. The number of hydrogen-bond donors (Lipinski definition) is 2. The van der Waals surface area contributed by atoms with Crippen LogP contribution in [0.25, 0.3) is 0 Å². The number of carboxylic acids is 1. The minimum absolute atomic E-state index is 0.0468. The van der Waals surface area contributed by atoms with Gasteiger partial charge in [0.15, 0.2) is 0 Å². The fourth-order valence-electron chi connectivity index (χ4n) is 3.73. The molecule has 4 atom stereocenters. The van der Waals surface area contributed by atoms with E-state index in [1.54, 1.807) is 11.9 Å². The Morgan fingerprint density at radius 2 is 2.11 bits per heavy atom. The van der Waals surface area contributed by atoms with Gasteiger partial charge >= 0.3 is 5.97 Å². The van der Waals surface area contributed by atoms with Crippen LogP contribution in [0.15, 0.2) is 0 Å². The number of carbonyl (C=O) groups is 2. The predicted octanol–water partition coefficient (Wildman–Crippen LogP) is 1.07. The van der Waals surface area contributed by atoms with Crippen LogP contribution in [0.5, 0.6) is 0 Å². The van der Waals surface area contributed by atoms with Gasteiger partial charge in [-0.2, -0.15) is 0 Å². The van der Waals surface area contributed by atoms with Gasteiger partial charge in [0.05, 0.1) is 6.04 Å². The van der Waals surface area contributed by atoms with Crippen molar-refractivity contribution >= 4 is 11.9 Å². The summed E-state index contributed by atoms with van der Waals surface area (Å²) < 4.78 is 0. The zero-order valence-electron chi connectivity index (χ0n) is 11.5. The van der Waals surface area contributed by atoms with Crippen LogP contribution in [0.2, 0.25) is 0 Å². The first-order chi connectivity index (χ1) is 8.97. The summed E-state index contributed by atoms with van der Waals surface area (Å²) in [5.74, 6) is 1.26. The molecule has 0 heterocycles. The van der Waals surface area contributed by atoms with Gasteiger partial charge in [0.25, 0.3) is 0 Å². The standard InChI is InChI=1S/C14H24N2O3/c1-16(14(19)12(15)4-5-13(17)18)8-11-7-9-2-3-10(11)6-9/h9-12H,2-8,15H2,1H3,(H,17,18). The summed E-state index contributed by atoms with van der Waals surface area (Å²) in [6.45, 7) is 0.779. The fourth-order valence-corrected chi connectivity index (χ4v) is 3.73. The number of carbonyl (C=O) groups excluding carboxylic acids is 1. The Balaban J connectivity index is 1.77. The summed E-state index contributed by atoms with van der Waals surface area (Å²) >= 11 is 0. The molecule has 2 rings (SSSR count). The van der Waals surface area contributed by atoms with Gasteiger partial charge in [0.2, 0.25) is 5.91 Å². The van der Waals surface area contributed by atoms with E-state index in [0.29, 0.717) is 5.92 Å². The lowest BCUT2D eigenvalue weighted by Crippen LogP contribution is -2.44. The van der Waals surface area contributed by atoms with E-state index in [4.69, 9.17) is 10.8 Å². The Hall–Kier alpha value is -1.10. The number of carboxylic acid groups (broad SMARTS) is 1. The SMILES string of the molecule is CN(CC1CC2CCC1C2)C(=O)C(N)CCC(=O)O. The van der Waals surface area contributed by atoms with Crippen molar-refractivity contribution in [2.75, 3.05) is 13.6 Å². The highest BCUT2D eigenvalue weighted by atomic mass is 16.4. The Morgan fingerprint density at radius 1 is 1.37 bits per heavy atom. The van der Waals surface area contributed by atoms with E-state index in [9.17, 15) is 9.59 Å². The van der Waals surface area contributed by atoms with E-state index in [2.05, 4.69) is 0 Å². The minimum Gasteiger partial charge on any atom is -0.481 e. The van der Waals surface area contributed by atoms with Gasteiger partial charge in [-0.3, -0.25) is 9.59 Å². The first kappa shape index (κ1) is 14.3. The van der Waals surface area contributed by atoms with Crippen molar-refractivity contribution < 1.29 is 14.7 Å². The van der Waals surface area contributed by atoms with E-state index < -0.39 is 12.0 Å². The summed E-state index contributed by atoms with van der Waals surface area (Å²) in [5.41, 5.74) is 5.76. The second-order valence-corrected chi connectivity index (χ2v) is 6.19. The van der Waals surface area contributed by atoms with E-state index in [-0.39, 0.29) is 18.7 Å². The number of likely N-dealkylation sites (N-methyl/N-ethyl adjacent to an activating group) is 1. The zero-order chi connectivity index (χ0) is 14.0. The summed E-state index contributed by atoms with van der Waals surface area (Å²) in [7, 11) is 1.79. The normalized spacial score (nSPS) is 30.3. The van der Waals surface area contributed by atoms with Gasteiger partial charge in [0, 0.05) is 20.0 Å². The Bertz CT molecular complexity index is 359. The van der Waals surface area contributed by atoms with Crippen molar-refractivity contribution in [1.82, 2.24) is 4.90 Å². The third-order valence-electron chi connectivity index (χ3n) is 4.76.